The van der Waals surface area contributed by atoms with Crippen LogP contribution in [0.15, 0.2) is 42.5 Å². The van der Waals surface area contributed by atoms with Crippen molar-refractivity contribution < 1.29 is 14.3 Å². The number of benzene rings is 2. The van der Waals surface area contributed by atoms with Crippen molar-refractivity contribution in [3.8, 4) is 0 Å². The smallest absolute Gasteiger partial charge is 0.338 e. The topological polar surface area (TPSA) is 73.9 Å². The summed E-state index contributed by atoms with van der Waals surface area (Å²) < 4.78 is 5.13. The maximum absolute atomic E-state index is 12.5. The van der Waals surface area contributed by atoms with Gasteiger partial charge in [0, 0.05) is 36.8 Å². The maximum Gasteiger partial charge on any atom is 0.338 e. The highest BCUT2D eigenvalue weighted by atomic mass is 35.5. The Kier molecular flexibility index (Phi) is 8.44. The summed E-state index contributed by atoms with van der Waals surface area (Å²) in [6.07, 6.45) is 0. The van der Waals surface area contributed by atoms with Crippen LogP contribution in [0.25, 0.3) is 0 Å². The van der Waals surface area contributed by atoms with Crippen LogP contribution in [-0.2, 0) is 4.74 Å². The molecule has 1 saturated heterocycles. The molecule has 1 fully saturated rings. The van der Waals surface area contributed by atoms with Crippen molar-refractivity contribution >= 4 is 52.2 Å². The van der Waals surface area contributed by atoms with E-state index in [1.807, 2.05) is 6.07 Å². The van der Waals surface area contributed by atoms with Gasteiger partial charge in [0.05, 0.1) is 23.5 Å². The van der Waals surface area contributed by atoms with E-state index in [4.69, 9.17) is 28.6 Å². The van der Waals surface area contributed by atoms with E-state index in [1.165, 1.54) is 0 Å². The van der Waals surface area contributed by atoms with E-state index in [2.05, 4.69) is 27.4 Å². The lowest BCUT2D eigenvalue weighted by Crippen LogP contribution is -2.46. The fourth-order valence-corrected chi connectivity index (χ4v) is 3.91. The predicted molar refractivity (Wildman–Crippen MR) is 132 cm³/mol. The summed E-state index contributed by atoms with van der Waals surface area (Å²) in [6, 6.07) is 12.0. The third-order valence-corrected chi connectivity index (χ3v) is 5.67. The minimum Gasteiger partial charge on any atom is -0.462 e. The van der Waals surface area contributed by atoms with E-state index in [0.29, 0.717) is 21.8 Å². The average Bonchev–Trinajstić information content (AvgIpc) is 2.79. The predicted octanol–water partition coefficient (Wildman–Crippen LogP) is 3.79. The zero-order valence-electron chi connectivity index (χ0n) is 18.2. The SMILES string of the molecule is CCOC(=O)c1ccc(N2CCN(CC)CC2)c(NC(=S)NC(=O)c2cccc(Cl)c2)c1. The number of carbonyl (C=O) groups is 2. The van der Waals surface area contributed by atoms with Crippen LogP contribution in [0.3, 0.4) is 0 Å². The van der Waals surface area contributed by atoms with E-state index in [-0.39, 0.29) is 17.6 Å². The normalized spacial score (nSPS) is 14.0. The van der Waals surface area contributed by atoms with Gasteiger partial charge in [-0.25, -0.2) is 4.79 Å². The number of halogens is 1. The highest BCUT2D eigenvalue weighted by Crippen LogP contribution is 2.29. The lowest BCUT2D eigenvalue weighted by molar-refractivity contribution is 0.0526. The fraction of sp³-hybridized carbons (Fsp3) is 0.348. The Morgan fingerprint density at radius 3 is 2.47 bits per heavy atom. The van der Waals surface area contributed by atoms with Gasteiger partial charge in [-0.15, -0.1) is 0 Å². The van der Waals surface area contributed by atoms with Crippen LogP contribution < -0.4 is 15.5 Å². The first-order valence-corrected chi connectivity index (χ1v) is 11.4. The van der Waals surface area contributed by atoms with Crippen molar-refractivity contribution in [1.29, 1.82) is 0 Å². The molecule has 2 aromatic rings. The summed E-state index contributed by atoms with van der Waals surface area (Å²) in [7, 11) is 0. The molecule has 2 N–H and O–H groups in total. The Morgan fingerprint density at radius 2 is 1.81 bits per heavy atom. The molecule has 0 unspecified atom stereocenters. The molecule has 32 heavy (non-hydrogen) atoms. The number of anilines is 2. The minimum atomic E-state index is -0.410. The minimum absolute atomic E-state index is 0.129. The zero-order valence-corrected chi connectivity index (χ0v) is 19.8. The van der Waals surface area contributed by atoms with E-state index in [9.17, 15) is 9.59 Å². The highest BCUT2D eigenvalue weighted by molar-refractivity contribution is 7.80. The third-order valence-electron chi connectivity index (χ3n) is 5.23. The van der Waals surface area contributed by atoms with Gasteiger partial charge in [-0.05, 0) is 62.1 Å². The number of thiocarbonyl (C=S) groups is 1. The molecule has 0 aromatic heterocycles. The molecule has 1 amide bonds. The summed E-state index contributed by atoms with van der Waals surface area (Å²) in [4.78, 5) is 29.4. The molecule has 170 valence electrons. The number of rotatable bonds is 6. The van der Waals surface area contributed by atoms with Crippen molar-refractivity contribution in [1.82, 2.24) is 10.2 Å². The second-order valence-electron chi connectivity index (χ2n) is 7.29. The largest absolute Gasteiger partial charge is 0.462 e. The molecule has 0 radical (unpaired) electrons. The standard InChI is InChI=1S/C23H27ClN4O3S/c1-3-27-10-12-28(13-11-27)20-9-8-17(22(30)31-4-2)15-19(20)25-23(32)26-21(29)16-6-5-7-18(24)14-16/h5-9,14-15H,3-4,10-13H2,1-2H3,(H2,25,26,29,32). The number of likely N-dealkylation sites (N-methyl/N-ethyl adjacent to an activating group) is 1. The summed E-state index contributed by atoms with van der Waals surface area (Å²) in [5, 5.41) is 6.36. The Bertz CT molecular complexity index is 993. The second kappa shape index (κ2) is 11.3. The number of piperazine rings is 1. The molecule has 1 aliphatic heterocycles. The number of nitrogens with one attached hydrogen (secondary N) is 2. The summed E-state index contributed by atoms with van der Waals surface area (Å²) >= 11 is 11.4. The Hall–Kier alpha value is -2.68. The lowest BCUT2D eigenvalue weighted by Gasteiger charge is -2.36. The Morgan fingerprint density at radius 1 is 1.06 bits per heavy atom. The van der Waals surface area contributed by atoms with Crippen LogP contribution in [0.2, 0.25) is 5.02 Å². The molecule has 0 spiro atoms. The molecule has 0 bridgehead atoms. The van der Waals surface area contributed by atoms with Crippen molar-refractivity contribution in [2.24, 2.45) is 0 Å². The molecule has 7 nitrogen and oxygen atoms in total. The van der Waals surface area contributed by atoms with Gasteiger partial charge in [-0.3, -0.25) is 10.1 Å². The lowest BCUT2D eigenvalue weighted by atomic mass is 10.1. The highest BCUT2D eigenvalue weighted by Gasteiger charge is 2.21. The molecular formula is C23H27ClN4O3S. The number of hydrogen-bond acceptors (Lipinski definition) is 6. The zero-order chi connectivity index (χ0) is 23.1. The van der Waals surface area contributed by atoms with Gasteiger partial charge in [-0.2, -0.15) is 0 Å². The number of hydrogen-bond donors (Lipinski definition) is 2. The number of nitrogens with zero attached hydrogens (tertiary/aromatic N) is 2. The van der Waals surface area contributed by atoms with Crippen LogP contribution in [-0.4, -0.2) is 61.2 Å². The van der Waals surface area contributed by atoms with Crippen molar-refractivity contribution in [3.05, 3.63) is 58.6 Å². The van der Waals surface area contributed by atoms with Gasteiger partial charge in [0.25, 0.3) is 5.91 Å². The van der Waals surface area contributed by atoms with E-state index >= 15 is 0 Å². The first-order chi connectivity index (χ1) is 15.4. The van der Waals surface area contributed by atoms with Crippen LogP contribution in [0.4, 0.5) is 11.4 Å². The van der Waals surface area contributed by atoms with Gasteiger partial charge < -0.3 is 19.9 Å². The molecule has 1 aliphatic rings. The number of ether oxygens (including phenoxy) is 1. The van der Waals surface area contributed by atoms with E-state index < -0.39 is 5.97 Å². The third kappa shape index (κ3) is 6.18. The molecule has 0 atom stereocenters. The monoisotopic (exact) mass is 474 g/mol. The van der Waals surface area contributed by atoms with Crippen LogP contribution in [0, 0.1) is 0 Å². The van der Waals surface area contributed by atoms with Crippen LogP contribution >= 0.6 is 23.8 Å². The van der Waals surface area contributed by atoms with E-state index in [1.54, 1.807) is 43.3 Å². The van der Waals surface area contributed by atoms with Crippen molar-refractivity contribution in [2.75, 3.05) is 49.5 Å². The molecule has 3 rings (SSSR count). The summed E-state index contributed by atoms with van der Waals surface area (Å²) in [5.74, 6) is -0.781. The number of esters is 1. The second-order valence-corrected chi connectivity index (χ2v) is 8.14. The van der Waals surface area contributed by atoms with Gasteiger partial charge >= 0.3 is 5.97 Å². The fourth-order valence-electron chi connectivity index (χ4n) is 3.52. The first kappa shape index (κ1) is 24.0. The van der Waals surface area contributed by atoms with Crippen LogP contribution in [0.5, 0.6) is 0 Å². The quantitative estimate of drug-likeness (QED) is 0.487. The van der Waals surface area contributed by atoms with Crippen molar-refractivity contribution in [2.45, 2.75) is 13.8 Å². The molecule has 2 aromatic carbocycles. The molecule has 0 saturated carbocycles. The molecule has 1 heterocycles. The molecule has 9 heteroatoms. The van der Waals surface area contributed by atoms with Crippen LogP contribution in [0.1, 0.15) is 34.6 Å². The number of amides is 1. The maximum atomic E-state index is 12.5. The Balaban J connectivity index is 1.79. The Labute approximate surface area is 198 Å². The molecular weight excluding hydrogens is 448 g/mol. The van der Waals surface area contributed by atoms with Gasteiger partial charge in [0.2, 0.25) is 0 Å². The van der Waals surface area contributed by atoms with E-state index in [0.717, 1.165) is 38.4 Å². The van der Waals surface area contributed by atoms with Crippen molar-refractivity contribution in [3.63, 3.8) is 0 Å². The van der Waals surface area contributed by atoms with Gasteiger partial charge in [-0.1, -0.05) is 24.6 Å². The summed E-state index contributed by atoms with van der Waals surface area (Å²) in [6.45, 7) is 8.82. The van der Waals surface area contributed by atoms with Gasteiger partial charge in [0.1, 0.15) is 0 Å². The molecule has 0 aliphatic carbocycles. The first-order valence-electron chi connectivity index (χ1n) is 10.6. The van der Waals surface area contributed by atoms with Gasteiger partial charge in [0.15, 0.2) is 5.11 Å². The average molecular weight is 475 g/mol. The summed E-state index contributed by atoms with van der Waals surface area (Å²) in [5.41, 5.74) is 2.36. The number of carbonyl (C=O) groups excluding carboxylic acids is 2.